The molecule has 0 spiro atoms. The molecule has 0 aliphatic rings. The van der Waals surface area contributed by atoms with Crippen molar-refractivity contribution in [3.63, 3.8) is 0 Å². The number of fused-ring (bicyclic) bond motifs is 1. The number of ether oxygens (including phenoxy) is 1. The summed E-state index contributed by atoms with van der Waals surface area (Å²) in [5.41, 5.74) is 6.56. The molecular weight excluding hydrogens is 294 g/mol. The van der Waals surface area contributed by atoms with Crippen LogP contribution in [-0.4, -0.2) is 31.8 Å². The average Bonchev–Trinajstić information content (AvgIpc) is 3.02. The molecule has 120 valence electrons. The highest BCUT2D eigenvalue weighted by Gasteiger charge is 2.17. The fourth-order valence-electron chi connectivity index (χ4n) is 2.57. The van der Waals surface area contributed by atoms with Gasteiger partial charge >= 0.3 is 0 Å². The van der Waals surface area contributed by atoms with Gasteiger partial charge in [-0.2, -0.15) is 10.1 Å². The molecule has 0 radical (unpaired) electrons. The van der Waals surface area contributed by atoms with Crippen LogP contribution in [0.5, 0.6) is 5.75 Å². The number of benzene rings is 1. The second-order valence-corrected chi connectivity index (χ2v) is 5.08. The lowest BCUT2D eigenvalue weighted by atomic mass is 10.2. The quantitative estimate of drug-likeness (QED) is 0.742. The monoisotopic (exact) mass is 313 g/mol. The van der Waals surface area contributed by atoms with Crippen LogP contribution in [0.3, 0.4) is 0 Å². The van der Waals surface area contributed by atoms with Crippen molar-refractivity contribution in [3.8, 4) is 5.75 Å². The normalized spacial score (nSPS) is 12.3. The van der Waals surface area contributed by atoms with Crippen LogP contribution in [0.1, 0.15) is 25.7 Å². The minimum absolute atomic E-state index is 0.0973. The zero-order chi connectivity index (χ0) is 16.4. The molecule has 0 amide bonds. The first-order chi connectivity index (χ1) is 11.1. The van der Waals surface area contributed by atoms with E-state index in [-0.39, 0.29) is 12.0 Å². The van der Waals surface area contributed by atoms with Gasteiger partial charge in [0.15, 0.2) is 0 Å². The number of rotatable bonds is 5. The maximum atomic E-state index is 5.83. The summed E-state index contributed by atoms with van der Waals surface area (Å²) in [5.74, 6) is 2.34. The Labute approximate surface area is 133 Å². The summed E-state index contributed by atoms with van der Waals surface area (Å²) in [4.78, 5) is 12.9. The number of anilines is 2. The number of aryl methyl sites for hydroxylation is 1. The molecule has 0 saturated carbocycles. The van der Waals surface area contributed by atoms with Gasteiger partial charge in [0.05, 0.1) is 24.1 Å². The van der Waals surface area contributed by atoms with Crippen molar-refractivity contribution >= 4 is 22.7 Å². The molecule has 2 aromatic heterocycles. The highest BCUT2D eigenvalue weighted by Crippen LogP contribution is 2.32. The van der Waals surface area contributed by atoms with Crippen molar-refractivity contribution in [1.29, 1.82) is 0 Å². The molecule has 1 aromatic carbocycles. The first-order valence-corrected chi connectivity index (χ1v) is 7.38. The number of nitrogens with two attached hydrogens (primary N) is 1. The first-order valence-electron chi connectivity index (χ1n) is 7.38. The number of nitrogens with one attached hydrogen (secondary N) is 1. The third-order valence-electron chi connectivity index (χ3n) is 3.61. The Hall–Kier alpha value is -2.90. The van der Waals surface area contributed by atoms with Crippen LogP contribution in [0.4, 0.5) is 11.8 Å². The molecule has 2 heterocycles. The summed E-state index contributed by atoms with van der Waals surface area (Å²) in [6.07, 6.45) is 1.55. The van der Waals surface area contributed by atoms with E-state index in [9.17, 15) is 0 Å². The van der Waals surface area contributed by atoms with Crippen molar-refractivity contribution in [3.05, 3.63) is 30.4 Å². The Kier molecular flexibility index (Phi) is 3.96. The van der Waals surface area contributed by atoms with E-state index in [1.807, 2.05) is 36.7 Å². The van der Waals surface area contributed by atoms with Crippen LogP contribution in [0.25, 0.3) is 10.9 Å². The lowest BCUT2D eigenvalue weighted by Gasteiger charge is -2.17. The smallest absolute Gasteiger partial charge is 0.222 e. The zero-order valence-corrected chi connectivity index (χ0v) is 13.3. The highest BCUT2D eigenvalue weighted by molar-refractivity contribution is 5.95. The lowest BCUT2D eigenvalue weighted by Crippen LogP contribution is -2.16. The minimum Gasteiger partial charge on any atom is -0.496 e. The van der Waals surface area contributed by atoms with E-state index in [1.54, 1.807) is 13.4 Å². The summed E-state index contributed by atoms with van der Waals surface area (Å²) in [6.45, 7) is 4.76. The Balaban J connectivity index is 2.05. The van der Waals surface area contributed by atoms with Gasteiger partial charge in [0.25, 0.3) is 0 Å². The Morgan fingerprint density at radius 1 is 1.35 bits per heavy atom. The van der Waals surface area contributed by atoms with Crippen molar-refractivity contribution in [2.75, 3.05) is 18.2 Å². The Morgan fingerprint density at radius 3 is 2.91 bits per heavy atom. The van der Waals surface area contributed by atoms with E-state index < -0.39 is 0 Å². The van der Waals surface area contributed by atoms with Gasteiger partial charge in [-0.3, -0.25) is 0 Å². The molecule has 0 aliphatic heterocycles. The van der Waals surface area contributed by atoms with Crippen LogP contribution in [-0.2, 0) is 6.54 Å². The fourth-order valence-corrected chi connectivity index (χ4v) is 2.57. The van der Waals surface area contributed by atoms with Crippen LogP contribution in [0.2, 0.25) is 0 Å². The second kappa shape index (κ2) is 6.07. The zero-order valence-electron chi connectivity index (χ0n) is 13.3. The van der Waals surface area contributed by atoms with Gasteiger partial charge in [0, 0.05) is 6.54 Å². The van der Waals surface area contributed by atoms with Crippen molar-refractivity contribution in [2.24, 2.45) is 0 Å². The van der Waals surface area contributed by atoms with E-state index in [4.69, 9.17) is 10.5 Å². The third kappa shape index (κ3) is 2.75. The number of nitrogens with zero attached hydrogens (tertiary/aromatic N) is 5. The first kappa shape index (κ1) is 15.0. The summed E-state index contributed by atoms with van der Waals surface area (Å²) in [6, 6.07) is 5.51. The molecule has 8 heteroatoms. The van der Waals surface area contributed by atoms with Crippen LogP contribution < -0.4 is 15.8 Å². The van der Waals surface area contributed by atoms with Crippen LogP contribution in [0, 0.1) is 0 Å². The molecule has 0 bridgehead atoms. The number of aromatic nitrogens is 5. The predicted molar refractivity (Wildman–Crippen MR) is 88.2 cm³/mol. The highest BCUT2D eigenvalue weighted by atomic mass is 16.5. The van der Waals surface area contributed by atoms with E-state index >= 15 is 0 Å². The summed E-state index contributed by atoms with van der Waals surface area (Å²) in [7, 11) is 1.62. The van der Waals surface area contributed by atoms with E-state index in [1.165, 1.54) is 0 Å². The van der Waals surface area contributed by atoms with Crippen LogP contribution >= 0.6 is 0 Å². The number of hydrogen-bond donors (Lipinski definition) is 2. The number of nitrogen functional groups attached to an aromatic ring is 1. The lowest BCUT2D eigenvalue weighted by molar-refractivity contribution is 0.419. The molecule has 0 aliphatic carbocycles. The standard InChI is InChI=1S/C15H19N7O/c1-4-22-14(17-8-18-22)9(2)19-13-12-10(20-15(16)21-13)6-5-7-11(12)23-3/h5-9H,4H2,1-3H3,(H3,16,19,20,21)/t9-/m0/s1. The van der Waals surface area contributed by atoms with E-state index in [0.717, 1.165) is 23.3 Å². The van der Waals surface area contributed by atoms with Crippen molar-refractivity contribution in [2.45, 2.75) is 26.4 Å². The van der Waals surface area contributed by atoms with E-state index in [2.05, 4.69) is 25.4 Å². The average molecular weight is 313 g/mol. The van der Waals surface area contributed by atoms with E-state index in [0.29, 0.717) is 11.6 Å². The maximum absolute atomic E-state index is 5.83. The van der Waals surface area contributed by atoms with Gasteiger partial charge in [-0.1, -0.05) is 6.07 Å². The maximum Gasteiger partial charge on any atom is 0.222 e. The molecule has 0 saturated heterocycles. The van der Waals surface area contributed by atoms with Gasteiger partial charge < -0.3 is 15.8 Å². The van der Waals surface area contributed by atoms with Gasteiger partial charge in [-0.15, -0.1) is 0 Å². The Bertz CT molecular complexity index is 830. The van der Waals surface area contributed by atoms with Gasteiger partial charge in [-0.25, -0.2) is 14.6 Å². The summed E-state index contributed by atoms with van der Waals surface area (Å²) in [5, 5.41) is 8.33. The molecular formula is C15H19N7O. The molecule has 1 atom stereocenters. The largest absolute Gasteiger partial charge is 0.496 e. The van der Waals surface area contributed by atoms with Gasteiger partial charge in [0.1, 0.15) is 23.7 Å². The predicted octanol–water partition coefficient (Wildman–Crippen LogP) is 2.01. The van der Waals surface area contributed by atoms with Crippen molar-refractivity contribution < 1.29 is 4.74 Å². The molecule has 3 aromatic rings. The summed E-state index contributed by atoms with van der Waals surface area (Å²) >= 11 is 0. The topological polar surface area (TPSA) is 104 Å². The molecule has 8 nitrogen and oxygen atoms in total. The molecule has 23 heavy (non-hydrogen) atoms. The second-order valence-electron chi connectivity index (χ2n) is 5.08. The van der Waals surface area contributed by atoms with Gasteiger partial charge in [-0.05, 0) is 26.0 Å². The molecule has 0 unspecified atom stereocenters. The van der Waals surface area contributed by atoms with Crippen LogP contribution in [0.15, 0.2) is 24.5 Å². The molecule has 3 N–H and O–H groups in total. The summed E-state index contributed by atoms with van der Waals surface area (Å²) < 4.78 is 7.27. The fraction of sp³-hybridized carbons (Fsp3) is 0.333. The third-order valence-corrected chi connectivity index (χ3v) is 3.61. The molecule has 0 fully saturated rings. The van der Waals surface area contributed by atoms with Crippen molar-refractivity contribution in [1.82, 2.24) is 24.7 Å². The molecule has 3 rings (SSSR count). The van der Waals surface area contributed by atoms with Gasteiger partial charge in [0.2, 0.25) is 5.95 Å². The number of hydrogen-bond acceptors (Lipinski definition) is 7. The SMILES string of the molecule is CCn1ncnc1[C@H](C)Nc1nc(N)nc2cccc(OC)c12. The number of methoxy groups -OCH3 is 1. The minimum atomic E-state index is -0.0973. The Morgan fingerprint density at radius 2 is 2.17 bits per heavy atom.